The minimum atomic E-state index is 0.667. The molecule has 3 N–H and O–H groups in total. The molecule has 0 aromatic carbocycles. The minimum absolute atomic E-state index is 0.667. The maximum absolute atomic E-state index is 5.37. The second kappa shape index (κ2) is 5.97. The zero-order chi connectivity index (χ0) is 12.8. The third-order valence-electron chi connectivity index (χ3n) is 2.76. The van der Waals surface area contributed by atoms with Gasteiger partial charge in [-0.2, -0.15) is 0 Å². The number of anilines is 2. The third kappa shape index (κ3) is 2.95. The fourth-order valence-corrected chi connectivity index (χ4v) is 1.79. The molecule has 2 heterocycles. The molecule has 18 heavy (non-hydrogen) atoms. The Morgan fingerprint density at radius 2 is 2.00 bits per heavy atom. The summed E-state index contributed by atoms with van der Waals surface area (Å²) in [6, 6.07) is 7.95. The van der Waals surface area contributed by atoms with Gasteiger partial charge in [0.25, 0.3) is 0 Å². The predicted octanol–water partition coefficient (Wildman–Crippen LogP) is 1.79. The molecule has 5 nitrogen and oxygen atoms in total. The molecule has 0 bridgehead atoms. The number of pyridine rings is 2. The second-order valence-electron chi connectivity index (χ2n) is 3.91. The lowest BCUT2D eigenvalue weighted by atomic mass is 10.2. The van der Waals surface area contributed by atoms with Crippen LogP contribution in [0.3, 0.4) is 0 Å². The highest BCUT2D eigenvalue weighted by Gasteiger charge is 2.06. The van der Waals surface area contributed by atoms with Gasteiger partial charge in [0.15, 0.2) is 0 Å². The highest BCUT2D eigenvalue weighted by Crippen LogP contribution is 2.18. The van der Waals surface area contributed by atoms with Crippen molar-refractivity contribution in [3.8, 4) is 0 Å². The molecule has 0 aliphatic carbocycles. The summed E-state index contributed by atoms with van der Waals surface area (Å²) in [6.45, 7) is 3.88. The molecule has 0 radical (unpaired) electrons. The molecule has 0 aliphatic rings. The Balaban J connectivity index is 2.17. The lowest BCUT2D eigenvalue weighted by Gasteiger charge is -2.23. The Kier molecular flexibility index (Phi) is 4.09. The maximum atomic E-state index is 5.37. The van der Waals surface area contributed by atoms with E-state index in [4.69, 9.17) is 5.84 Å². The van der Waals surface area contributed by atoms with Crippen LogP contribution in [0.5, 0.6) is 0 Å². The maximum Gasteiger partial charge on any atom is 0.141 e. The molecule has 0 saturated heterocycles. The molecular formula is C13H17N5. The number of hydrazine groups is 1. The molecule has 5 heteroatoms. The van der Waals surface area contributed by atoms with E-state index in [2.05, 4.69) is 27.2 Å². The van der Waals surface area contributed by atoms with E-state index in [1.54, 1.807) is 6.20 Å². The van der Waals surface area contributed by atoms with Crippen LogP contribution in [0, 0.1) is 0 Å². The summed E-state index contributed by atoms with van der Waals surface area (Å²) < 4.78 is 0. The number of nitrogens with two attached hydrogens (primary N) is 1. The number of hydrogen-bond acceptors (Lipinski definition) is 5. The lowest BCUT2D eigenvalue weighted by Crippen LogP contribution is -2.22. The Hall–Kier alpha value is -2.14. The van der Waals surface area contributed by atoms with Crippen molar-refractivity contribution >= 4 is 11.5 Å². The fraction of sp³-hybridized carbons (Fsp3) is 0.231. The average Bonchev–Trinajstić information content (AvgIpc) is 2.46. The standard InChI is InChI=1S/C13H17N5/c1-2-18(10-11-3-6-15-7-4-11)12-5-8-16-13(9-12)17-14/h3-9H,2,10,14H2,1H3,(H,16,17). The van der Waals surface area contributed by atoms with Crippen LogP contribution in [-0.2, 0) is 6.54 Å². The highest BCUT2D eigenvalue weighted by molar-refractivity contribution is 5.53. The van der Waals surface area contributed by atoms with Gasteiger partial charge in [0.1, 0.15) is 5.82 Å². The van der Waals surface area contributed by atoms with Crippen LogP contribution in [0.15, 0.2) is 42.9 Å². The number of nitrogens with one attached hydrogen (secondary N) is 1. The Labute approximate surface area is 107 Å². The molecule has 0 saturated carbocycles. The summed E-state index contributed by atoms with van der Waals surface area (Å²) in [5.41, 5.74) is 4.88. The minimum Gasteiger partial charge on any atom is -0.367 e. The largest absolute Gasteiger partial charge is 0.367 e. The van der Waals surface area contributed by atoms with Gasteiger partial charge in [0.05, 0.1) is 0 Å². The first-order valence-electron chi connectivity index (χ1n) is 5.90. The Morgan fingerprint density at radius 1 is 1.22 bits per heavy atom. The molecule has 0 aliphatic heterocycles. The van der Waals surface area contributed by atoms with E-state index in [0.717, 1.165) is 18.8 Å². The van der Waals surface area contributed by atoms with Crippen molar-refractivity contribution in [1.82, 2.24) is 9.97 Å². The molecule has 0 amide bonds. The van der Waals surface area contributed by atoms with Crippen molar-refractivity contribution < 1.29 is 0 Å². The van der Waals surface area contributed by atoms with E-state index < -0.39 is 0 Å². The number of nitrogen functional groups attached to an aromatic ring is 1. The molecule has 0 spiro atoms. The van der Waals surface area contributed by atoms with Gasteiger partial charge in [0.2, 0.25) is 0 Å². The molecule has 2 aromatic rings. The van der Waals surface area contributed by atoms with Gasteiger partial charge in [-0.15, -0.1) is 0 Å². The van der Waals surface area contributed by atoms with Gasteiger partial charge >= 0.3 is 0 Å². The Bertz CT molecular complexity index is 486. The van der Waals surface area contributed by atoms with Crippen LogP contribution < -0.4 is 16.2 Å². The summed E-state index contributed by atoms with van der Waals surface area (Å²) >= 11 is 0. The molecule has 94 valence electrons. The van der Waals surface area contributed by atoms with Gasteiger partial charge < -0.3 is 10.3 Å². The van der Waals surface area contributed by atoms with E-state index in [9.17, 15) is 0 Å². The molecule has 2 aromatic heterocycles. The van der Waals surface area contributed by atoms with Crippen molar-refractivity contribution in [3.63, 3.8) is 0 Å². The predicted molar refractivity (Wildman–Crippen MR) is 73.0 cm³/mol. The molecule has 0 unspecified atom stereocenters. The number of rotatable bonds is 5. The van der Waals surface area contributed by atoms with Gasteiger partial charge in [-0.25, -0.2) is 10.8 Å². The van der Waals surface area contributed by atoms with Crippen molar-refractivity contribution in [2.45, 2.75) is 13.5 Å². The van der Waals surface area contributed by atoms with Gasteiger partial charge in [-0.05, 0) is 30.7 Å². The molecule has 2 rings (SSSR count). The lowest BCUT2D eigenvalue weighted by molar-refractivity contribution is 0.829. The van der Waals surface area contributed by atoms with Crippen LogP contribution in [0.25, 0.3) is 0 Å². The van der Waals surface area contributed by atoms with Crippen molar-refractivity contribution in [3.05, 3.63) is 48.4 Å². The first kappa shape index (κ1) is 12.3. The van der Waals surface area contributed by atoms with Crippen LogP contribution in [0.4, 0.5) is 11.5 Å². The zero-order valence-corrected chi connectivity index (χ0v) is 10.4. The van der Waals surface area contributed by atoms with Crippen LogP contribution in [-0.4, -0.2) is 16.5 Å². The quantitative estimate of drug-likeness (QED) is 0.619. The van der Waals surface area contributed by atoms with Gasteiger partial charge in [-0.3, -0.25) is 4.98 Å². The number of aromatic nitrogens is 2. The molecular weight excluding hydrogens is 226 g/mol. The summed E-state index contributed by atoms with van der Waals surface area (Å²) in [5.74, 6) is 6.04. The second-order valence-corrected chi connectivity index (χ2v) is 3.91. The van der Waals surface area contributed by atoms with Crippen LogP contribution >= 0.6 is 0 Å². The van der Waals surface area contributed by atoms with Crippen molar-refractivity contribution in [1.29, 1.82) is 0 Å². The molecule has 0 atom stereocenters. The van der Waals surface area contributed by atoms with E-state index in [1.165, 1.54) is 5.56 Å². The van der Waals surface area contributed by atoms with E-state index >= 15 is 0 Å². The van der Waals surface area contributed by atoms with Crippen molar-refractivity contribution in [2.75, 3.05) is 16.9 Å². The third-order valence-corrected chi connectivity index (χ3v) is 2.76. The normalized spacial score (nSPS) is 10.1. The van der Waals surface area contributed by atoms with Crippen LogP contribution in [0.1, 0.15) is 12.5 Å². The monoisotopic (exact) mass is 243 g/mol. The van der Waals surface area contributed by atoms with E-state index in [-0.39, 0.29) is 0 Å². The average molecular weight is 243 g/mol. The first-order chi connectivity index (χ1) is 8.83. The molecule has 0 fully saturated rings. The number of nitrogens with zero attached hydrogens (tertiary/aromatic N) is 3. The smallest absolute Gasteiger partial charge is 0.141 e. The Morgan fingerprint density at radius 3 is 2.67 bits per heavy atom. The summed E-state index contributed by atoms with van der Waals surface area (Å²) in [4.78, 5) is 10.4. The fourth-order valence-electron chi connectivity index (χ4n) is 1.79. The van der Waals surface area contributed by atoms with Gasteiger partial charge in [0, 0.05) is 43.4 Å². The van der Waals surface area contributed by atoms with Crippen LogP contribution in [0.2, 0.25) is 0 Å². The van der Waals surface area contributed by atoms with E-state index in [0.29, 0.717) is 5.82 Å². The zero-order valence-electron chi connectivity index (χ0n) is 10.4. The van der Waals surface area contributed by atoms with E-state index in [1.807, 2.05) is 36.7 Å². The summed E-state index contributed by atoms with van der Waals surface area (Å²) in [5, 5.41) is 0. The number of hydrogen-bond donors (Lipinski definition) is 2. The first-order valence-corrected chi connectivity index (χ1v) is 5.90. The highest BCUT2D eigenvalue weighted by atomic mass is 15.2. The topological polar surface area (TPSA) is 67.1 Å². The van der Waals surface area contributed by atoms with Crippen molar-refractivity contribution in [2.24, 2.45) is 5.84 Å². The summed E-state index contributed by atoms with van der Waals surface area (Å²) in [6.07, 6.45) is 5.37. The summed E-state index contributed by atoms with van der Waals surface area (Å²) in [7, 11) is 0. The van der Waals surface area contributed by atoms with Gasteiger partial charge in [-0.1, -0.05) is 0 Å². The SMILES string of the molecule is CCN(Cc1ccncc1)c1ccnc(NN)c1.